The van der Waals surface area contributed by atoms with Crippen LogP contribution in [0.5, 0.6) is 0 Å². The van der Waals surface area contributed by atoms with Gasteiger partial charge in [0.2, 0.25) is 0 Å². The van der Waals surface area contributed by atoms with E-state index in [-0.39, 0.29) is 18.0 Å². The van der Waals surface area contributed by atoms with E-state index in [1.165, 1.54) is 77.0 Å². The minimum absolute atomic E-state index is 0.0393. The molecule has 0 aromatic heterocycles. The molecule has 0 radical (unpaired) electrons. The highest BCUT2D eigenvalue weighted by Gasteiger charge is 2.14. The first-order chi connectivity index (χ1) is 18.6. The molecule has 0 saturated carbocycles. The smallest absolute Gasteiger partial charge is 0.306 e. The summed E-state index contributed by atoms with van der Waals surface area (Å²) >= 11 is 0. The summed E-state index contributed by atoms with van der Waals surface area (Å²) < 4.78 is 11.2. The summed E-state index contributed by atoms with van der Waals surface area (Å²) in [4.78, 5) is 24.1. The standard InChI is InChI=1S/C33H63NO4/c1-4-6-8-10-12-16-20-25-31(38-33(36)28-24-29-34-3)26-21-17-13-14-18-22-27-32(35)37-30-23-19-15-11-9-7-5-2/h19,23,31,34H,4-18,20-22,24-30H2,1-3H3/b23-19-. The van der Waals surface area contributed by atoms with Crippen LogP contribution in [0.2, 0.25) is 0 Å². The molecule has 1 N–H and O–H groups in total. The molecule has 1 unspecified atom stereocenters. The molecule has 0 heterocycles. The molecule has 5 nitrogen and oxygen atoms in total. The van der Waals surface area contributed by atoms with Gasteiger partial charge >= 0.3 is 11.9 Å². The second-order valence-electron chi connectivity index (χ2n) is 10.9. The number of ether oxygens (including phenoxy) is 2. The van der Waals surface area contributed by atoms with Crippen molar-refractivity contribution in [3.05, 3.63) is 12.2 Å². The largest absolute Gasteiger partial charge is 0.462 e. The number of esters is 2. The van der Waals surface area contributed by atoms with Crippen molar-refractivity contribution >= 4 is 11.9 Å². The lowest BCUT2D eigenvalue weighted by Gasteiger charge is -2.18. The van der Waals surface area contributed by atoms with Crippen LogP contribution >= 0.6 is 0 Å². The third-order valence-corrected chi connectivity index (χ3v) is 7.12. The maximum atomic E-state index is 12.3. The van der Waals surface area contributed by atoms with Gasteiger partial charge in [-0.05, 0) is 65.0 Å². The Morgan fingerprint density at radius 3 is 1.76 bits per heavy atom. The van der Waals surface area contributed by atoms with Crippen molar-refractivity contribution in [3.63, 3.8) is 0 Å². The van der Waals surface area contributed by atoms with Crippen LogP contribution in [0.4, 0.5) is 0 Å². The van der Waals surface area contributed by atoms with Crippen LogP contribution in [0.3, 0.4) is 0 Å². The van der Waals surface area contributed by atoms with Crippen LogP contribution in [0.25, 0.3) is 0 Å². The van der Waals surface area contributed by atoms with Crippen LogP contribution in [-0.4, -0.2) is 38.2 Å². The van der Waals surface area contributed by atoms with E-state index in [0.717, 1.165) is 64.3 Å². The number of hydrogen-bond acceptors (Lipinski definition) is 5. The van der Waals surface area contributed by atoms with Gasteiger partial charge in [-0.3, -0.25) is 9.59 Å². The Morgan fingerprint density at radius 1 is 0.632 bits per heavy atom. The fraction of sp³-hybridized carbons (Fsp3) is 0.879. The summed E-state index contributed by atoms with van der Waals surface area (Å²) in [6.07, 6.45) is 29.8. The summed E-state index contributed by atoms with van der Waals surface area (Å²) in [6.45, 7) is 5.74. The summed E-state index contributed by atoms with van der Waals surface area (Å²) in [5.74, 6) is -0.118. The van der Waals surface area contributed by atoms with Crippen molar-refractivity contribution in [2.75, 3.05) is 20.2 Å². The van der Waals surface area contributed by atoms with Gasteiger partial charge in [-0.1, -0.05) is 109 Å². The van der Waals surface area contributed by atoms with Crippen molar-refractivity contribution in [1.29, 1.82) is 0 Å². The molecule has 0 bridgehead atoms. The molecule has 0 aliphatic heterocycles. The van der Waals surface area contributed by atoms with E-state index in [0.29, 0.717) is 19.4 Å². The van der Waals surface area contributed by atoms with E-state index >= 15 is 0 Å². The van der Waals surface area contributed by atoms with Crippen LogP contribution in [0.1, 0.15) is 162 Å². The monoisotopic (exact) mass is 537 g/mol. The normalized spacial score (nSPS) is 12.2. The molecular weight excluding hydrogens is 474 g/mol. The lowest BCUT2D eigenvalue weighted by atomic mass is 10.0. The van der Waals surface area contributed by atoms with Crippen LogP contribution < -0.4 is 5.32 Å². The van der Waals surface area contributed by atoms with Crippen LogP contribution in [0.15, 0.2) is 12.2 Å². The molecule has 0 amide bonds. The first-order valence-electron chi connectivity index (χ1n) is 16.3. The Kier molecular flexibility index (Phi) is 29.1. The SMILES string of the molecule is CCCCCC/C=C\COC(=O)CCCCCCCCC(CCCCCCCCC)OC(=O)CCCNC. The minimum atomic E-state index is -0.0784. The Hall–Kier alpha value is -1.36. The van der Waals surface area contributed by atoms with Gasteiger partial charge < -0.3 is 14.8 Å². The van der Waals surface area contributed by atoms with Crippen molar-refractivity contribution in [2.45, 2.75) is 168 Å². The molecule has 0 spiro atoms. The highest BCUT2D eigenvalue weighted by atomic mass is 16.5. The van der Waals surface area contributed by atoms with Crippen molar-refractivity contribution < 1.29 is 19.1 Å². The molecule has 224 valence electrons. The minimum Gasteiger partial charge on any atom is -0.462 e. The van der Waals surface area contributed by atoms with E-state index in [9.17, 15) is 9.59 Å². The maximum absolute atomic E-state index is 12.3. The molecule has 5 heteroatoms. The van der Waals surface area contributed by atoms with Gasteiger partial charge in [0, 0.05) is 12.8 Å². The molecule has 0 aromatic carbocycles. The van der Waals surface area contributed by atoms with Crippen molar-refractivity contribution in [3.8, 4) is 0 Å². The van der Waals surface area contributed by atoms with Gasteiger partial charge in [0.1, 0.15) is 12.7 Å². The number of allylic oxidation sites excluding steroid dienone is 1. The fourth-order valence-electron chi connectivity index (χ4n) is 4.68. The number of nitrogens with one attached hydrogen (secondary N) is 1. The Morgan fingerprint density at radius 2 is 1.16 bits per heavy atom. The number of rotatable bonds is 29. The van der Waals surface area contributed by atoms with Crippen LogP contribution in [0, 0.1) is 0 Å². The number of unbranched alkanes of at least 4 members (excludes halogenated alkanes) is 15. The summed E-state index contributed by atoms with van der Waals surface area (Å²) in [5.41, 5.74) is 0. The van der Waals surface area contributed by atoms with Crippen molar-refractivity contribution in [2.24, 2.45) is 0 Å². The number of carbonyl (C=O) groups excluding carboxylic acids is 2. The molecule has 0 fully saturated rings. The third-order valence-electron chi connectivity index (χ3n) is 7.12. The average molecular weight is 538 g/mol. The zero-order valence-corrected chi connectivity index (χ0v) is 25.5. The molecule has 0 aromatic rings. The van der Waals surface area contributed by atoms with E-state index in [1.54, 1.807) is 0 Å². The van der Waals surface area contributed by atoms with Crippen molar-refractivity contribution in [1.82, 2.24) is 5.32 Å². The lowest BCUT2D eigenvalue weighted by Crippen LogP contribution is -2.19. The molecule has 0 saturated heterocycles. The first kappa shape index (κ1) is 36.6. The van der Waals surface area contributed by atoms with E-state index in [4.69, 9.17) is 9.47 Å². The maximum Gasteiger partial charge on any atom is 0.306 e. The summed E-state index contributed by atoms with van der Waals surface area (Å²) in [5, 5.41) is 3.09. The topological polar surface area (TPSA) is 64.6 Å². The van der Waals surface area contributed by atoms with E-state index < -0.39 is 0 Å². The van der Waals surface area contributed by atoms with Gasteiger partial charge in [0.05, 0.1) is 0 Å². The Balaban J connectivity index is 3.90. The van der Waals surface area contributed by atoms with Gasteiger partial charge in [0.15, 0.2) is 0 Å². The second kappa shape index (κ2) is 30.2. The molecule has 0 rings (SSSR count). The molecule has 0 aliphatic rings. The first-order valence-corrected chi connectivity index (χ1v) is 16.3. The van der Waals surface area contributed by atoms with Gasteiger partial charge in [0.25, 0.3) is 0 Å². The van der Waals surface area contributed by atoms with Gasteiger partial charge in [-0.15, -0.1) is 0 Å². The zero-order chi connectivity index (χ0) is 27.9. The zero-order valence-electron chi connectivity index (χ0n) is 25.5. The summed E-state index contributed by atoms with van der Waals surface area (Å²) in [7, 11) is 1.91. The van der Waals surface area contributed by atoms with Gasteiger partial charge in [-0.2, -0.15) is 0 Å². The highest BCUT2D eigenvalue weighted by molar-refractivity contribution is 5.69. The Bertz CT molecular complexity index is 549. The quantitative estimate of drug-likeness (QED) is 0.0585. The molecule has 0 aliphatic carbocycles. The predicted molar refractivity (Wildman–Crippen MR) is 161 cm³/mol. The van der Waals surface area contributed by atoms with Gasteiger partial charge in [-0.25, -0.2) is 0 Å². The van der Waals surface area contributed by atoms with E-state index in [2.05, 4.69) is 25.2 Å². The lowest BCUT2D eigenvalue weighted by molar-refractivity contribution is -0.150. The molecule has 1 atom stereocenters. The highest BCUT2D eigenvalue weighted by Crippen LogP contribution is 2.18. The molecular formula is C33H63NO4. The molecule has 38 heavy (non-hydrogen) atoms. The number of hydrogen-bond donors (Lipinski definition) is 1. The number of carbonyl (C=O) groups is 2. The average Bonchev–Trinajstić information content (AvgIpc) is 2.91. The fourth-order valence-corrected chi connectivity index (χ4v) is 4.68. The summed E-state index contributed by atoms with van der Waals surface area (Å²) in [6, 6.07) is 0. The predicted octanol–water partition coefficient (Wildman–Crippen LogP) is 9.23. The van der Waals surface area contributed by atoms with E-state index in [1.807, 2.05) is 13.1 Å². The Labute approximate surface area is 236 Å². The van der Waals surface area contributed by atoms with Crippen LogP contribution in [-0.2, 0) is 19.1 Å². The third kappa shape index (κ3) is 27.7. The second-order valence-corrected chi connectivity index (χ2v) is 10.9.